The van der Waals surface area contributed by atoms with E-state index in [2.05, 4.69) is 12.0 Å². The molecule has 1 aromatic heterocycles. The van der Waals surface area contributed by atoms with E-state index in [1.807, 2.05) is 15.6 Å². The molecule has 6 nitrogen and oxygen atoms in total. The van der Waals surface area contributed by atoms with Gasteiger partial charge in [0.15, 0.2) is 15.5 Å². The van der Waals surface area contributed by atoms with Crippen LogP contribution in [0.25, 0.3) is 0 Å². The highest BCUT2D eigenvalue weighted by Crippen LogP contribution is 2.42. The number of hydrogen-bond donors (Lipinski definition) is 0. The molecular weight excluding hydrogens is 326 g/mol. The molecule has 1 aromatic rings. The van der Waals surface area contributed by atoms with Crippen molar-refractivity contribution >= 4 is 15.7 Å². The second-order valence-electron chi connectivity index (χ2n) is 7.73. The Bertz CT molecular complexity index is 751. The molecule has 2 aliphatic heterocycles. The van der Waals surface area contributed by atoms with Crippen molar-refractivity contribution in [2.75, 3.05) is 24.6 Å². The molecule has 1 aliphatic carbocycles. The van der Waals surface area contributed by atoms with Gasteiger partial charge < -0.3 is 4.90 Å². The Morgan fingerprint density at radius 2 is 2.04 bits per heavy atom. The van der Waals surface area contributed by atoms with E-state index >= 15 is 0 Å². The van der Waals surface area contributed by atoms with Gasteiger partial charge in [-0.05, 0) is 44.1 Å². The van der Waals surface area contributed by atoms with Crippen LogP contribution in [-0.4, -0.2) is 53.6 Å². The van der Waals surface area contributed by atoms with Gasteiger partial charge in [0, 0.05) is 24.7 Å². The third-order valence-electron chi connectivity index (χ3n) is 5.48. The van der Waals surface area contributed by atoms with Crippen LogP contribution < -0.4 is 0 Å². The minimum atomic E-state index is -2.96. The van der Waals surface area contributed by atoms with E-state index < -0.39 is 9.84 Å². The predicted octanol–water partition coefficient (Wildman–Crippen LogP) is 1.99. The number of piperidine rings is 1. The summed E-state index contributed by atoms with van der Waals surface area (Å²) < 4.78 is 25.5. The fraction of sp³-hybridized carbons (Fsp3) is 0.765. The second kappa shape index (κ2) is 5.86. The molecule has 1 saturated carbocycles. The number of rotatable bonds is 3. The Hall–Kier alpha value is -1.37. The topological polar surface area (TPSA) is 72.3 Å². The average molecular weight is 351 g/mol. The second-order valence-corrected chi connectivity index (χ2v) is 9.96. The van der Waals surface area contributed by atoms with Crippen molar-refractivity contribution in [1.29, 1.82) is 0 Å². The van der Waals surface area contributed by atoms with Crippen LogP contribution in [0.2, 0.25) is 0 Å². The van der Waals surface area contributed by atoms with E-state index in [0.29, 0.717) is 24.0 Å². The largest absolute Gasteiger partial charge is 0.337 e. The van der Waals surface area contributed by atoms with Crippen molar-refractivity contribution in [3.8, 4) is 0 Å². The Morgan fingerprint density at radius 3 is 2.67 bits per heavy atom. The van der Waals surface area contributed by atoms with Gasteiger partial charge in [0.25, 0.3) is 5.91 Å². The average Bonchev–Trinajstić information content (AvgIpc) is 3.19. The SMILES string of the molecule is CC1CCCN(C(=O)c2cc(C3CC3)n(C3CCS(=O)(=O)C3)n2)C1. The van der Waals surface area contributed by atoms with E-state index in [9.17, 15) is 13.2 Å². The van der Waals surface area contributed by atoms with E-state index in [4.69, 9.17) is 0 Å². The summed E-state index contributed by atoms with van der Waals surface area (Å²) in [4.78, 5) is 14.7. The maximum atomic E-state index is 12.8. The van der Waals surface area contributed by atoms with Gasteiger partial charge in [-0.1, -0.05) is 6.92 Å². The number of carbonyl (C=O) groups excluding carboxylic acids is 1. The third kappa shape index (κ3) is 3.10. The molecule has 2 unspecified atom stereocenters. The molecule has 3 heterocycles. The first-order valence-electron chi connectivity index (χ1n) is 9.02. The molecule has 132 valence electrons. The predicted molar refractivity (Wildman–Crippen MR) is 90.8 cm³/mol. The van der Waals surface area contributed by atoms with Crippen molar-refractivity contribution in [1.82, 2.24) is 14.7 Å². The molecule has 1 amide bonds. The Kier molecular flexibility index (Phi) is 3.94. The molecule has 2 saturated heterocycles. The highest BCUT2D eigenvalue weighted by atomic mass is 32.2. The zero-order valence-corrected chi connectivity index (χ0v) is 15.0. The molecule has 4 rings (SSSR count). The van der Waals surface area contributed by atoms with Crippen LogP contribution in [0.5, 0.6) is 0 Å². The van der Waals surface area contributed by atoms with E-state index in [-0.39, 0.29) is 23.5 Å². The number of sulfone groups is 1. The molecule has 3 fully saturated rings. The Labute approximate surface area is 143 Å². The van der Waals surface area contributed by atoms with Gasteiger partial charge in [-0.3, -0.25) is 9.48 Å². The van der Waals surface area contributed by atoms with Gasteiger partial charge in [0.1, 0.15) is 0 Å². The standard InChI is InChI=1S/C17H25N3O3S/c1-12-3-2-7-19(10-12)17(21)15-9-16(13-4-5-13)20(18-15)14-6-8-24(22,23)11-14/h9,12-14H,2-8,10-11H2,1H3. The van der Waals surface area contributed by atoms with E-state index in [1.54, 1.807) is 0 Å². The Balaban J connectivity index is 1.60. The quantitative estimate of drug-likeness (QED) is 0.835. The fourth-order valence-corrected chi connectivity index (χ4v) is 5.69. The normalized spacial score (nSPS) is 29.8. The summed E-state index contributed by atoms with van der Waals surface area (Å²) in [5.41, 5.74) is 1.56. The molecule has 0 N–H and O–H groups in total. The maximum absolute atomic E-state index is 12.8. The molecule has 3 aliphatic rings. The monoisotopic (exact) mass is 351 g/mol. The van der Waals surface area contributed by atoms with Gasteiger partial charge in [0.05, 0.1) is 17.5 Å². The molecule has 24 heavy (non-hydrogen) atoms. The van der Waals surface area contributed by atoms with Crippen molar-refractivity contribution in [3.63, 3.8) is 0 Å². The molecule has 0 spiro atoms. The highest BCUT2D eigenvalue weighted by molar-refractivity contribution is 7.91. The third-order valence-corrected chi connectivity index (χ3v) is 7.23. The lowest BCUT2D eigenvalue weighted by Gasteiger charge is -2.30. The Morgan fingerprint density at radius 1 is 1.25 bits per heavy atom. The van der Waals surface area contributed by atoms with Crippen LogP contribution in [0.15, 0.2) is 6.07 Å². The number of amides is 1. The molecule has 0 bridgehead atoms. The van der Waals surface area contributed by atoms with Gasteiger partial charge in [-0.2, -0.15) is 5.10 Å². The number of nitrogens with zero attached hydrogens (tertiary/aromatic N) is 3. The summed E-state index contributed by atoms with van der Waals surface area (Å²) in [6, 6.07) is 1.82. The van der Waals surface area contributed by atoms with Gasteiger partial charge in [0.2, 0.25) is 0 Å². The van der Waals surface area contributed by atoms with Crippen LogP contribution in [0.4, 0.5) is 0 Å². The molecular formula is C17H25N3O3S. The van der Waals surface area contributed by atoms with Crippen molar-refractivity contribution in [3.05, 3.63) is 17.5 Å². The number of aromatic nitrogens is 2. The highest BCUT2D eigenvalue weighted by Gasteiger charge is 2.36. The summed E-state index contributed by atoms with van der Waals surface area (Å²) in [6.45, 7) is 3.77. The zero-order valence-electron chi connectivity index (χ0n) is 14.1. The van der Waals surface area contributed by atoms with E-state index in [0.717, 1.165) is 38.0 Å². The summed E-state index contributed by atoms with van der Waals surface area (Å²) in [5, 5.41) is 4.58. The van der Waals surface area contributed by atoms with Crippen LogP contribution in [-0.2, 0) is 9.84 Å². The number of carbonyl (C=O) groups is 1. The van der Waals surface area contributed by atoms with Crippen LogP contribution in [0.1, 0.15) is 67.2 Å². The number of likely N-dealkylation sites (tertiary alicyclic amines) is 1. The minimum absolute atomic E-state index is 0.00283. The molecule has 0 radical (unpaired) electrons. The van der Waals surface area contributed by atoms with Gasteiger partial charge in [-0.25, -0.2) is 8.42 Å². The smallest absolute Gasteiger partial charge is 0.274 e. The van der Waals surface area contributed by atoms with Crippen LogP contribution in [0.3, 0.4) is 0 Å². The molecule has 2 atom stereocenters. The van der Waals surface area contributed by atoms with Gasteiger partial charge in [-0.15, -0.1) is 0 Å². The first-order valence-corrected chi connectivity index (χ1v) is 10.8. The first kappa shape index (κ1) is 16.1. The van der Waals surface area contributed by atoms with Crippen molar-refractivity contribution in [2.45, 2.75) is 51.0 Å². The summed E-state index contributed by atoms with van der Waals surface area (Å²) >= 11 is 0. The maximum Gasteiger partial charge on any atom is 0.274 e. The lowest BCUT2D eigenvalue weighted by atomic mass is 10.00. The minimum Gasteiger partial charge on any atom is -0.337 e. The van der Waals surface area contributed by atoms with Crippen LogP contribution >= 0.6 is 0 Å². The summed E-state index contributed by atoms with van der Waals surface area (Å²) in [7, 11) is -2.96. The van der Waals surface area contributed by atoms with Gasteiger partial charge >= 0.3 is 0 Å². The zero-order chi connectivity index (χ0) is 16.9. The molecule has 7 heteroatoms. The number of hydrogen-bond acceptors (Lipinski definition) is 4. The van der Waals surface area contributed by atoms with E-state index in [1.165, 1.54) is 6.42 Å². The molecule has 0 aromatic carbocycles. The summed E-state index contributed by atoms with van der Waals surface area (Å²) in [6.07, 6.45) is 5.05. The van der Waals surface area contributed by atoms with Crippen molar-refractivity contribution in [2.24, 2.45) is 5.92 Å². The lowest BCUT2D eigenvalue weighted by molar-refractivity contribution is 0.0676. The first-order chi connectivity index (χ1) is 11.4. The van der Waals surface area contributed by atoms with Crippen molar-refractivity contribution < 1.29 is 13.2 Å². The lowest BCUT2D eigenvalue weighted by Crippen LogP contribution is -2.39. The fourth-order valence-electron chi connectivity index (χ4n) is 3.99. The summed E-state index contributed by atoms with van der Waals surface area (Å²) in [5.74, 6) is 1.37. The van der Waals surface area contributed by atoms with Crippen LogP contribution in [0, 0.1) is 5.92 Å².